The summed E-state index contributed by atoms with van der Waals surface area (Å²) in [6, 6.07) is 14.4. The van der Waals surface area contributed by atoms with Crippen molar-refractivity contribution in [3.63, 3.8) is 0 Å². The van der Waals surface area contributed by atoms with Crippen LogP contribution in [0.15, 0.2) is 48.5 Å². The molecule has 0 N–H and O–H groups in total. The second-order valence-corrected chi connectivity index (χ2v) is 7.95. The van der Waals surface area contributed by atoms with E-state index in [0.717, 1.165) is 12.0 Å². The molecule has 3 fully saturated rings. The molecular formula is C20H15Cl2NO3. The van der Waals surface area contributed by atoms with E-state index in [0.29, 0.717) is 15.7 Å². The molecule has 3 aliphatic heterocycles. The van der Waals surface area contributed by atoms with Gasteiger partial charge < -0.3 is 4.74 Å². The number of benzene rings is 2. The number of nitrogens with zero attached hydrogens (tertiary/aromatic N) is 1. The van der Waals surface area contributed by atoms with E-state index >= 15 is 0 Å². The standard InChI is InChI=1S/C20H15Cl2NO3/c21-11-3-1-10(2-4-11)14-9-15-16-17(18(14)26-15)20(25)23(19(16)24)13-7-5-12(22)6-8-13/h1-8,14-18H,9H2/t14-,15-,16-,17-,18+/m0/s1. The van der Waals surface area contributed by atoms with E-state index < -0.39 is 5.92 Å². The fraction of sp³-hybridized carbons (Fsp3) is 0.300. The zero-order valence-electron chi connectivity index (χ0n) is 13.6. The van der Waals surface area contributed by atoms with Crippen LogP contribution in [0.3, 0.4) is 0 Å². The Bertz CT molecular complexity index is 896. The van der Waals surface area contributed by atoms with Crippen molar-refractivity contribution < 1.29 is 14.3 Å². The topological polar surface area (TPSA) is 46.6 Å². The van der Waals surface area contributed by atoms with Crippen molar-refractivity contribution >= 4 is 40.7 Å². The van der Waals surface area contributed by atoms with Gasteiger partial charge in [-0.1, -0.05) is 35.3 Å². The van der Waals surface area contributed by atoms with Crippen LogP contribution >= 0.6 is 23.2 Å². The fourth-order valence-corrected chi connectivity index (χ4v) is 4.88. The summed E-state index contributed by atoms with van der Waals surface area (Å²) < 4.78 is 6.06. The van der Waals surface area contributed by atoms with Gasteiger partial charge in [0.25, 0.3) is 0 Å². The zero-order chi connectivity index (χ0) is 18.0. The van der Waals surface area contributed by atoms with E-state index in [-0.39, 0.29) is 35.9 Å². The lowest BCUT2D eigenvalue weighted by Gasteiger charge is -2.25. The Morgan fingerprint density at radius 3 is 2.08 bits per heavy atom. The van der Waals surface area contributed by atoms with Crippen LogP contribution < -0.4 is 4.90 Å². The Hall–Kier alpha value is -1.88. The summed E-state index contributed by atoms with van der Waals surface area (Å²) in [5.74, 6) is -1.03. The van der Waals surface area contributed by atoms with Crippen molar-refractivity contribution in [2.24, 2.45) is 11.8 Å². The van der Waals surface area contributed by atoms with Gasteiger partial charge in [-0.05, 0) is 48.4 Å². The summed E-state index contributed by atoms with van der Waals surface area (Å²) >= 11 is 11.9. The predicted octanol–water partition coefficient (Wildman–Crippen LogP) is 4.05. The molecule has 6 heteroatoms. The Morgan fingerprint density at radius 1 is 0.846 bits per heavy atom. The van der Waals surface area contributed by atoms with E-state index in [1.54, 1.807) is 24.3 Å². The minimum atomic E-state index is -0.419. The molecule has 5 rings (SSSR count). The number of carbonyl (C=O) groups excluding carboxylic acids is 2. The average Bonchev–Trinajstić information content (AvgIpc) is 3.29. The molecule has 5 atom stereocenters. The first-order chi connectivity index (χ1) is 12.5. The van der Waals surface area contributed by atoms with Crippen LogP contribution in [0.4, 0.5) is 5.69 Å². The highest BCUT2D eigenvalue weighted by Gasteiger charge is 2.65. The predicted molar refractivity (Wildman–Crippen MR) is 98.4 cm³/mol. The van der Waals surface area contributed by atoms with E-state index in [1.165, 1.54) is 4.90 Å². The maximum absolute atomic E-state index is 13.1. The minimum absolute atomic E-state index is 0.112. The Kier molecular flexibility index (Phi) is 3.64. The van der Waals surface area contributed by atoms with Gasteiger partial charge in [-0.2, -0.15) is 0 Å². The van der Waals surface area contributed by atoms with Crippen LogP contribution in [0.2, 0.25) is 10.0 Å². The SMILES string of the molecule is O=C1[C@@H]2[C@@H]3O[C@@H](C[C@H]3c3ccc(Cl)cc3)[C@@H]2C(=O)N1c1ccc(Cl)cc1. The number of anilines is 1. The molecule has 2 aromatic carbocycles. The van der Waals surface area contributed by atoms with Crippen LogP contribution in [-0.4, -0.2) is 24.0 Å². The quantitative estimate of drug-likeness (QED) is 0.730. The van der Waals surface area contributed by atoms with Crippen molar-refractivity contribution in [1.29, 1.82) is 0 Å². The summed E-state index contributed by atoms with van der Waals surface area (Å²) in [6.45, 7) is 0. The van der Waals surface area contributed by atoms with Gasteiger partial charge in [0.2, 0.25) is 11.8 Å². The van der Waals surface area contributed by atoms with Gasteiger partial charge in [-0.15, -0.1) is 0 Å². The highest BCUT2D eigenvalue weighted by atomic mass is 35.5. The molecule has 0 unspecified atom stereocenters. The fourth-order valence-electron chi connectivity index (χ4n) is 4.63. The number of halogens is 2. The number of ether oxygens (including phenoxy) is 1. The molecule has 0 radical (unpaired) electrons. The molecule has 2 amide bonds. The van der Waals surface area contributed by atoms with Crippen LogP contribution in [0.25, 0.3) is 0 Å². The lowest BCUT2D eigenvalue weighted by molar-refractivity contribution is -0.124. The number of amides is 2. The number of fused-ring (bicyclic) bond motifs is 5. The van der Waals surface area contributed by atoms with Gasteiger partial charge in [0.1, 0.15) is 0 Å². The molecule has 3 saturated heterocycles. The first kappa shape index (κ1) is 16.3. The number of hydrogen-bond donors (Lipinski definition) is 0. The Labute approximate surface area is 160 Å². The first-order valence-corrected chi connectivity index (χ1v) is 9.34. The van der Waals surface area contributed by atoms with Crippen molar-refractivity contribution in [1.82, 2.24) is 0 Å². The van der Waals surface area contributed by atoms with Gasteiger partial charge in [0.05, 0.1) is 29.7 Å². The molecule has 2 bridgehead atoms. The number of rotatable bonds is 2. The molecular weight excluding hydrogens is 373 g/mol. The zero-order valence-corrected chi connectivity index (χ0v) is 15.2. The lowest BCUT2D eigenvalue weighted by atomic mass is 9.73. The summed E-state index contributed by atoms with van der Waals surface area (Å²) in [5, 5.41) is 1.25. The van der Waals surface area contributed by atoms with Crippen LogP contribution in [0.1, 0.15) is 17.9 Å². The summed E-state index contributed by atoms with van der Waals surface area (Å²) in [7, 11) is 0. The van der Waals surface area contributed by atoms with Gasteiger partial charge in [-0.25, -0.2) is 4.90 Å². The molecule has 26 heavy (non-hydrogen) atoms. The molecule has 132 valence electrons. The van der Waals surface area contributed by atoms with Gasteiger partial charge in [0, 0.05) is 16.0 Å². The normalized spacial score (nSPS) is 32.4. The third-order valence-electron chi connectivity index (χ3n) is 5.75. The number of hydrogen-bond acceptors (Lipinski definition) is 3. The summed E-state index contributed by atoms with van der Waals surface area (Å²) in [6.07, 6.45) is 0.278. The lowest BCUT2D eigenvalue weighted by Crippen LogP contribution is -2.35. The molecule has 3 aliphatic rings. The number of imide groups is 1. The van der Waals surface area contributed by atoms with Gasteiger partial charge >= 0.3 is 0 Å². The average molecular weight is 388 g/mol. The Morgan fingerprint density at radius 2 is 1.42 bits per heavy atom. The Balaban J connectivity index is 1.47. The van der Waals surface area contributed by atoms with Gasteiger partial charge in [0.15, 0.2) is 0 Å². The van der Waals surface area contributed by atoms with Crippen molar-refractivity contribution in [3.8, 4) is 0 Å². The second kappa shape index (κ2) is 5.81. The molecule has 0 aromatic heterocycles. The van der Waals surface area contributed by atoms with E-state index in [9.17, 15) is 9.59 Å². The van der Waals surface area contributed by atoms with E-state index in [4.69, 9.17) is 27.9 Å². The van der Waals surface area contributed by atoms with Crippen molar-refractivity contribution in [2.75, 3.05) is 4.90 Å². The summed E-state index contributed by atoms with van der Waals surface area (Å²) in [5.41, 5.74) is 1.67. The van der Waals surface area contributed by atoms with Crippen LogP contribution in [-0.2, 0) is 14.3 Å². The third kappa shape index (κ3) is 2.26. The largest absolute Gasteiger partial charge is 0.373 e. The highest BCUT2D eigenvalue weighted by Crippen LogP contribution is 2.54. The molecule has 0 aliphatic carbocycles. The monoisotopic (exact) mass is 387 g/mol. The molecule has 3 heterocycles. The molecule has 2 aromatic rings. The van der Waals surface area contributed by atoms with Crippen LogP contribution in [0.5, 0.6) is 0 Å². The summed E-state index contributed by atoms with van der Waals surface area (Å²) in [4.78, 5) is 27.3. The van der Waals surface area contributed by atoms with Crippen molar-refractivity contribution in [2.45, 2.75) is 24.5 Å². The minimum Gasteiger partial charge on any atom is -0.373 e. The van der Waals surface area contributed by atoms with Crippen LogP contribution in [0, 0.1) is 11.8 Å². The van der Waals surface area contributed by atoms with Gasteiger partial charge in [-0.3, -0.25) is 9.59 Å². The maximum Gasteiger partial charge on any atom is 0.240 e. The van der Waals surface area contributed by atoms with Crippen molar-refractivity contribution in [3.05, 3.63) is 64.1 Å². The maximum atomic E-state index is 13.1. The highest BCUT2D eigenvalue weighted by molar-refractivity contribution is 6.31. The molecule has 0 saturated carbocycles. The smallest absolute Gasteiger partial charge is 0.240 e. The van der Waals surface area contributed by atoms with E-state index in [1.807, 2.05) is 24.3 Å². The second-order valence-electron chi connectivity index (χ2n) is 7.07. The first-order valence-electron chi connectivity index (χ1n) is 8.59. The molecule has 4 nitrogen and oxygen atoms in total. The number of carbonyl (C=O) groups is 2. The molecule has 0 spiro atoms. The third-order valence-corrected chi connectivity index (χ3v) is 6.25. The van der Waals surface area contributed by atoms with E-state index in [2.05, 4.69) is 0 Å².